The van der Waals surface area contributed by atoms with Crippen molar-refractivity contribution in [2.75, 3.05) is 0 Å². The van der Waals surface area contributed by atoms with Gasteiger partial charge in [-0.2, -0.15) is 0 Å². The van der Waals surface area contributed by atoms with Gasteiger partial charge in [-0.25, -0.2) is 0 Å². The van der Waals surface area contributed by atoms with Crippen LogP contribution in [0.4, 0.5) is 0 Å². The van der Waals surface area contributed by atoms with Crippen LogP contribution in [0.1, 0.15) is 44.5 Å². The van der Waals surface area contributed by atoms with Crippen molar-refractivity contribution in [2.45, 2.75) is 30.4 Å². The van der Waals surface area contributed by atoms with E-state index in [-0.39, 0.29) is 6.71 Å². The highest BCUT2D eigenvalue weighted by Crippen LogP contribution is 2.59. The van der Waals surface area contributed by atoms with Crippen LogP contribution in [0.5, 0.6) is 0 Å². The second-order valence-electron chi connectivity index (χ2n) is 16.2. The predicted molar refractivity (Wildman–Crippen MR) is 247 cm³/mol. The lowest BCUT2D eigenvalue weighted by Crippen LogP contribution is -2.58. The predicted octanol–water partition coefficient (Wildman–Crippen LogP) is 11.9. The molecule has 0 saturated carbocycles. The van der Waals surface area contributed by atoms with Crippen molar-refractivity contribution >= 4 is 46.6 Å². The lowest BCUT2D eigenvalue weighted by molar-refractivity contribution is 0.766. The van der Waals surface area contributed by atoms with Crippen LogP contribution in [-0.4, -0.2) is 6.71 Å². The molecule has 2 heterocycles. The molecule has 0 saturated heterocycles. The zero-order valence-electron chi connectivity index (χ0n) is 32.1. The van der Waals surface area contributed by atoms with Crippen LogP contribution in [-0.2, 0) is 10.8 Å². The van der Waals surface area contributed by atoms with Crippen molar-refractivity contribution < 1.29 is 0 Å². The van der Waals surface area contributed by atoms with Crippen LogP contribution in [0.15, 0.2) is 232 Å². The molecule has 0 bridgehead atoms. The Morgan fingerprint density at radius 2 is 0.644 bits per heavy atom. The summed E-state index contributed by atoms with van der Waals surface area (Å²) in [6.07, 6.45) is 0. The molecule has 2 aliphatic heterocycles. The molecular formula is C56H35BS2. The molecule has 3 heteroatoms. The summed E-state index contributed by atoms with van der Waals surface area (Å²) in [6.45, 7) is 0.107. The van der Waals surface area contributed by atoms with Gasteiger partial charge in [-0.05, 0) is 96.5 Å². The van der Waals surface area contributed by atoms with Crippen LogP contribution in [0.3, 0.4) is 0 Å². The monoisotopic (exact) mass is 782 g/mol. The Morgan fingerprint density at radius 1 is 0.288 bits per heavy atom. The van der Waals surface area contributed by atoms with Gasteiger partial charge in [0.05, 0.1) is 10.8 Å². The minimum Gasteiger partial charge on any atom is -0.0911 e. The molecule has 2 aliphatic carbocycles. The molecule has 274 valence electrons. The average Bonchev–Trinajstić information content (AvgIpc) is 3.76. The topological polar surface area (TPSA) is 0 Å². The number of hydrogen-bond donors (Lipinski definition) is 0. The van der Waals surface area contributed by atoms with Crippen molar-refractivity contribution in [3.8, 4) is 22.3 Å². The summed E-state index contributed by atoms with van der Waals surface area (Å²) in [5.74, 6) is 0. The van der Waals surface area contributed by atoms with E-state index in [4.69, 9.17) is 0 Å². The smallest absolute Gasteiger partial charge is 0.0911 e. The lowest BCUT2D eigenvalue weighted by Gasteiger charge is -2.37. The zero-order chi connectivity index (χ0) is 38.7. The summed E-state index contributed by atoms with van der Waals surface area (Å²) < 4.78 is 0. The van der Waals surface area contributed by atoms with Gasteiger partial charge in [-0.1, -0.05) is 223 Å². The van der Waals surface area contributed by atoms with Gasteiger partial charge in [0.15, 0.2) is 0 Å². The van der Waals surface area contributed by atoms with E-state index in [9.17, 15) is 0 Å². The molecule has 0 unspecified atom stereocenters. The highest BCUT2D eigenvalue weighted by molar-refractivity contribution is 8.01. The molecule has 13 rings (SSSR count). The summed E-state index contributed by atoms with van der Waals surface area (Å²) in [5, 5.41) is 0. The molecule has 0 amide bonds. The first kappa shape index (κ1) is 33.7. The fraction of sp³-hybridized carbons (Fsp3) is 0.0357. The van der Waals surface area contributed by atoms with Crippen molar-refractivity contribution in [2.24, 2.45) is 0 Å². The van der Waals surface area contributed by atoms with Gasteiger partial charge in [0.25, 0.3) is 0 Å². The van der Waals surface area contributed by atoms with E-state index in [1.54, 1.807) is 0 Å². The molecule has 0 radical (unpaired) electrons. The number of fused-ring (bicyclic) bond motifs is 10. The van der Waals surface area contributed by atoms with E-state index in [0.717, 1.165) is 0 Å². The van der Waals surface area contributed by atoms with E-state index in [1.165, 1.54) is 103 Å². The molecule has 0 atom stereocenters. The molecule has 0 nitrogen and oxygen atoms in total. The van der Waals surface area contributed by atoms with Gasteiger partial charge in [0, 0.05) is 19.6 Å². The Kier molecular flexibility index (Phi) is 7.21. The van der Waals surface area contributed by atoms with Crippen molar-refractivity contribution in [1.82, 2.24) is 0 Å². The van der Waals surface area contributed by atoms with Crippen LogP contribution >= 0.6 is 23.5 Å². The van der Waals surface area contributed by atoms with Crippen LogP contribution in [0.2, 0.25) is 0 Å². The summed E-state index contributed by atoms with van der Waals surface area (Å²) in [6, 6.07) is 80.4. The maximum atomic E-state index is 2.59. The van der Waals surface area contributed by atoms with E-state index in [1.807, 2.05) is 23.5 Å². The first-order valence-electron chi connectivity index (χ1n) is 20.5. The third-order valence-corrected chi connectivity index (χ3v) is 15.9. The molecule has 4 aliphatic rings. The Labute approximate surface area is 354 Å². The summed E-state index contributed by atoms with van der Waals surface area (Å²) in [5.41, 5.74) is 19.4. The van der Waals surface area contributed by atoms with Crippen molar-refractivity contribution in [3.05, 3.63) is 257 Å². The SMILES string of the molecule is c1ccc(C2(c3ccccc3)c3ccccc3-c3cc4c(cc32)Sc2cccc3c2B4c2cc4c(cc2S3)C(c2ccccc2)(c2ccccc2)c2ccccc2-4)cc1. The lowest BCUT2D eigenvalue weighted by atomic mass is 9.36. The van der Waals surface area contributed by atoms with E-state index < -0.39 is 10.8 Å². The normalized spacial score (nSPS) is 15.2. The minimum absolute atomic E-state index is 0.107. The minimum atomic E-state index is -0.435. The molecule has 0 N–H and O–H groups in total. The van der Waals surface area contributed by atoms with Crippen LogP contribution < -0.4 is 16.4 Å². The number of rotatable bonds is 4. The van der Waals surface area contributed by atoms with Crippen LogP contribution in [0, 0.1) is 0 Å². The number of hydrogen-bond acceptors (Lipinski definition) is 2. The fourth-order valence-electron chi connectivity index (χ4n) is 11.3. The van der Waals surface area contributed by atoms with Gasteiger partial charge in [0.1, 0.15) is 0 Å². The Balaban J connectivity index is 1.09. The molecule has 0 spiro atoms. The van der Waals surface area contributed by atoms with Gasteiger partial charge >= 0.3 is 0 Å². The average molecular weight is 783 g/mol. The first-order valence-corrected chi connectivity index (χ1v) is 22.2. The van der Waals surface area contributed by atoms with Gasteiger partial charge < -0.3 is 0 Å². The molecule has 0 fully saturated rings. The number of benzene rings is 9. The van der Waals surface area contributed by atoms with Gasteiger partial charge in [0.2, 0.25) is 6.71 Å². The molecule has 0 aromatic heterocycles. The van der Waals surface area contributed by atoms with E-state index in [2.05, 4.69) is 212 Å². The van der Waals surface area contributed by atoms with Crippen LogP contribution in [0.25, 0.3) is 22.3 Å². The molecular weight excluding hydrogens is 748 g/mol. The fourth-order valence-corrected chi connectivity index (χ4v) is 13.7. The standard InChI is InChI=1S/C56H35BS2/c1-5-18-36(19-6-1)55(37-20-7-2-8-21-37)44-28-15-13-26-40(44)42-32-48-52(34-46(42)55)58-50-30-17-31-51-54(50)57(48)49-33-43-41-27-14-16-29-45(41)56(38-22-9-3-10-23-38,39-24-11-4-12-25-39)47(43)35-53(49)59-51/h1-35H. The summed E-state index contributed by atoms with van der Waals surface area (Å²) in [4.78, 5) is 5.43. The summed E-state index contributed by atoms with van der Waals surface area (Å²) in [7, 11) is 0. The third kappa shape index (κ3) is 4.44. The molecule has 59 heavy (non-hydrogen) atoms. The van der Waals surface area contributed by atoms with Gasteiger partial charge in [-0.3, -0.25) is 0 Å². The third-order valence-electron chi connectivity index (χ3n) is 13.6. The zero-order valence-corrected chi connectivity index (χ0v) is 33.7. The Hall–Kier alpha value is -6.26. The Morgan fingerprint density at radius 3 is 1.03 bits per heavy atom. The largest absolute Gasteiger partial charge is 0.247 e. The first-order chi connectivity index (χ1) is 29.3. The molecule has 9 aromatic carbocycles. The highest BCUT2D eigenvalue weighted by atomic mass is 32.2. The second kappa shape index (κ2) is 12.6. The maximum Gasteiger partial charge on any atom is 0.247 e. The van der Waals surface area contributed by atoms with Crippen molar-refractivity contribution in [1.29, 1.82) is 0 Å². The van der Waals surface area contributed by atoms with E-state index in [0.29, 0.717) is 0 Å². The van der Waals surface area contributed by atoms with E-state index >= 15 is 0 Å². The van der Waals surface area contributed by atoms with Gasteiger partial charge in [-0.15, -0.1) is 0 Å². The quantitative estimate of drug-likeness (QED) is 0.163. The Bertz CT molecular complexity index is 2870. The molecule has 9 aromatic rings. The van der Waals surface area contributed by atoms with Crippen molar-refractivity contribution in [3.63, 3.8) is 0 Å². The maximum absolute atomic E-state index is 2.59. The summed E-state index contributed by atoms with van der Waals surface area (Å²) >= 11 is 3.91. The second-order valence-corrected chi connectivity index (χ2v) is 18.4. The highest BCUT2D eigenvalue weighted by Gasteiger charge is 2.50.